The standard InChI is InChI=1S/C21H33N3O2/c25-14-15-8-4-6-12-18(15)22-21(26)20-17-11-5-7-13-19(17)24(23-20)16-9-2-1-3-10-16/h15-16,18,25H,1-14H2,(H,22,26)/t15-,18+/m0/s1. The lowest BCUT2D eigenvalue weighted by Crippen LogP contribution is -2.43. The van der Waals surface area contributed by atoms with Crippen LogP contribution in [-0.4, -0.2) is 33.4 Å². The van der Waals surface area contributed by atoms with Gasteiger partial charge in [-0.25, -0.2) is 0 Å². The number of carbonyl (C=O) groups is 1. The zero-order valence-electron chi connectivity index (χ0n) is 15.9. The predicted molar refractivity (Wildman–Crippen MR) is 101 cm³/mol. The quantitative estimate of drug-likeness (QED) is 0.864. The molecule has 1 heterocycles. The number of rotatable bonds is 4. The van der Waals surface area contributed by atoms with E-state index in [-0.39, 0.29) is 24.5 Å². The molecule has 4 rings (SSSR count). The summed E-state index contributed by atoms with van der Waals surface area (Å²) >= 11 is 0. The number of fused-ring (bicyclic) bond motifs is 1. The van der Waals surface area contributed by atoms with E-state index < -0.39 is 0 Å². The number of hydrogen-bond acceptors (Lipinski definition) is 3. The van der Waals surface area contributed by atoms with Crippen LogP contribution in [-0.2, 0) is 12.8 Å². The van der Waals surface area contributed by atoms with E-state index in [1.165, 1.54) is 49.8 Å². The van der Waals surface area contributed by atoms with E-state index in [2.05, 4.69) is 10.00 Å². The monoisotopic (exact) mass is 359 g/mol. The second-order valence-corrected chi connectivity index (χ2v) is 8.52. The van der Waals surface area contributed by atoms with E-state index in [1.807, 2.05) is 0 Å². The molecule has 2 saturated carbocycles. The maximum Gasteiger partial charge on any atom is 0.272 e. The highest BCUT2D eigenvalue weighted by Gasteiger charge is 2.31. The van der Waals surface area contributed by atoms with Crippen LogP contribution in [0.1, 0.15) is 98.4 Å². The minimum Gasteiger partial charge on any atom is -0.396 e. The zero-order chi connectivity index (χ0) is 17.9. The minimum absolute atomic E-state index is 0.0111. The van der Waals surface area contributed by atoms with Crippen molar-refractivity contribution in [2.75, 3.05) is 6.61 Å². The number of carbonyl (C=O) groups excluding carboxylic acids is 1. The van der Waals surface area contributed by atoms with Crippen molar-refractivity contribution in [1.82, 2.24) is 15.1 Å². The van der Waals surface area contributed by atoms with Crippen molar-refractivity contribution in [2.45, 2.75) is 95.6 Å². The minimum atomic E-state index is -0.0111. The average Bonchev–Trinajstić information content (AvgIpc) is 3.09. The molecule has 0 aromatic carbocycles. The molecule has 0 spiro atoms. The Morgan fingerprint density at radius 2 is 1.73 bits per heavy atom. The average molecular weight is 360 g/mol. The van der Waals surface area contributed by atoms with Gasteiger partial charge in [-0.15, -0.1) is 0 Å². The van der Waals surface area contributed by atoms with Gasteiger partial charge < -0.3 is 10.4 Å². The van der Waals surface area contributed by atoms with Crippen LogP contribution in [0.4, 0.5) is 0 Å². The summed E-state index contributed by atoms with van der Waals surface area (Å²) in [7, 11) is 0. The molecule has 3 aliphatic rings. The fraction of sp³-hybridized carbons (Fsp3) is 0.810. The Hall–Kier alpha value is -1.36. The summed E-state index contributed by atoms with van der Waals surface area (Å²) in [4.78, 5) is 13.1. The van der Waals surface area contributed by atoms with E-state index in [1.54, 1.807) is 0 Å². The Morgan fingerprint density at radius 1 is 1.00 bits per heavy atom. The molecule has 0 radical (unpaired) electrons. The summed E-state index contributed by atoms with van der Waals surface area (Å²) in [6, 6.07) is 0.581. The van der Waals surface area contributed by atoms with E-state index in [9.17, 15) is 9.90 Å². The van der Waals surface area contributed by atoms with Crippen LogP contribution in [0.5, 0.6) is 0 Å². The Balaban J connectivity index is 1.57. The van der Waals surface area contributed by atoms with E-state index >= 15 is 0 Å². The third-order valence-electron chi connectivity index (χ3n) is 6.80. The maximum atomic E-state index is 13.1. The van der Waals surface area contributed by atoms with E-state index in [4.69, 9.17) is 5.10 Å². The molecule has 1 amide bonds. The van der Waals surface area contributed by atoms with Crippen LogP contribution < -0.4 is 5.32 Å². The normalized spacial score (nSPS) is 27.1. The fourth-order valence-corrected chi connectivity index (χ4v) is 5.29. The summed E-state index contributed by atoms with van der Waals surface area (Å²) in [5.74, 6) is 0.187. The first-order valence-corrected chi connectivity index (χ1v) is 10.8. The van der Waals surface area contributed by atoms with Gasteiger partial charge in [-0.3, -0.25) is 9.48 Å². The topological polar surface area (TPSA) is 67.2 Å². The molecule has 2 N–H and O–H groups in total. The van der Waals surface area contributed by atoms with Crippen LogP contribution in [0.2, 0.25) is 0 Å². The number of aliphatic hydroxyl groups excluding tert-OH is 1. The van der Waals surface area contributed by atoms with Gasteiger partial charge in [0.25, 0.3) is 5.91 Å². The molecule has 5 nitrogen and oxygen atoms in total. The second kappa shape index (κ2) is 8.12. The lowest BCUT2D eigenvalue weighted by atomic mass is 9.85. The van der Waals surface area contributed by atoms with Crippen LogP contribution >= 0.6 is 0 Å². The second-order valence-electron chi connectivity index (χ2n) is 8.52. The maximum absolute atomic E-state index is 13.1. The number of aliphatic hydroxyl groups is 1. The number of nitrogens with one attached hydrogen (secondary N) is 1. The van der Waals surface area contributed by atoms with Crippen molar-refractivity contribution in [2.24, 2.45) is 5.92 Å². The van der Waals surface area contributed by atoms with Gasteiger partial charge in [-0.2, -0.15) is 5.10 Å². The molecule has 0 aliphatic heterocycles. The number of hydrogen-bond donors (Lipinski definition) is 2. The molecule has 2 fully saturated rings. The molecule has 3 aliphatic carbocycles. The van der Waals surface area contributed by atoms with Gasteiger partial charge in [0.2, 0.25) is 0 Å². The summed E-state index contributed by atoms with van der Waals surface area (Å²) in [5.41, 5.74) is 3.21. The highest BCUT2D eigenvalue weighted by molar-refractivity contribution is 5.94. The van der Waals surface area contributed by atoms with Crippen LogP contribution in [0.3, 0.4) is 0 Å². The Labute approximate surface area is 156 Å². The van der Waals surface area contributed by atoms with Gasteiger partial charge >= 0.3 is 0 Å². The van der Waals surface area contributed by atoms with Crippen molar-refractivity contribution >= 4 is 5.91 Å². The zero-order valence-corrected chi connectivity index (χ0v) is 15.9. The smallest absolute Gasteiger partial charge is 0.272 e. The van der Waals surface area contributed by atoms with Gasteiger partial charge in [0.05, 0.1) is 6.04 Å². The Morgan fingerprint density at radius 3 is 2.54 bits per heavy atom. The number of aromatic nitrogens is 2. The van der Waals surface area contributed by atoms with Crippen molar-refractivity contribution in [3.63, 3.8) is 0 Å². The highest BCUT2D eigenvalue weighted by Crippen LogP contribution is 2.33. The predicted octanol–water partition coefficient (Wildman–Crippen LogP) is 3.55. The molecular weight excluding hydrogens is 326 g/mol. The Kier molecular flexibility index (Phi) is 5.63. The number of nitrogens with zero attached hydrogens (tertiary/aromatic N) is 2. The lowest BCUT2D eigenvalue weighted by molar-refractivity contribution is 0.0865. The summed E-state index contributed by atoms with van der Waals surface area (Å²) in [6.45, 7) is 0.166. The highest BCUT2D eigenvalue weighted by atomic mass is 16.3. The molecule has 1 aromatic heterocycles. The molecule has 1 aromatic rings. The van der Waals surface area contributed by atoms with Gasteiger partial charge in [0, 0.05) is 29.8 Å². The van der Waals surface area contributed by atoms with Gasteiger partial charge in [-0.05, 0) is 51.4 Å². The molecule has 144 valence electrons. The number of amides is 1. The molecule has 2 atom stereocenters. The van der Waals surface area contributed by atoms with E-state index in [0.717, 1.165) is 44.9 Å². The largest absolute Gasteiger partial charge is 0.396 e. The van der Waals surface area contributed by atoms with Crippen LogP contribution in [0.25, 0.3) is 0 Å². The molecule has 5 heteroatoms. The van der Waals surface area contributed by atoms with Gasteiger partial charge in [-0.1, -0.05) is 32.1 Å². The first-order chi connectivity index (χ1) is 12.8. The first-order valence-electron chi connectivity index (χ1n) is 10.8. The molecule has 0 unspecified atom stereocenters. The summed E-state index contributed by atoms with van der Waals surface area (Å²) < 4.78 is 2.23. The molecule has 0 bridgehead atoms. The van der Waals surface area contributed by atoms with E-state index in [0.29, 0.717) is 11.7 Å². The lowest BCUT2D eigenvalue weighted by Gasteiger charge is -2.30. The molecule has 26 heavy (non-hydrogen) atoms. The molecular formula is C21H33N3O2. The van der Waals surface area contributed by atoms with Crippen LogP contribution in [0, 0.1) is 5.92 Å². The van der Waals surface area contributed by atoms with Crippen molar-refractivity contribution in [1.29, 1.82) is 0 Å². The van der Waals surface area contributed by atoms with Crippen molar-refractivity contribution < 1.29 is 9.90 Å². The third-order valence-corrected chi connectivity index (χ3v) is 6.80. The Bertz CT molecular complexity index is 633. The SMILES string of the molecule is O=C(N[C@@H]1CCCC[C@H]1CO)c1nn(C2CCCCC2)c2c1CCCC2. The summed E-state index contributed by atoms with van der Waals surface area (Å²) in [6.07, 6.45) is 15.0. The first kappa shape index (κ1) is 18.0. The molecule has 0 saturated heterocycles. The van der Waals surface area contributed by atoms with Crippen LogP contribution in [0.15, 0.2) is 0 Å². The third kappa shape index (κ3) is 3.55. The van der Waals surface area contributed by atoms with Gasteiger partial charge in [0.15, 0.2) is 5.69 Å². The van der Waals surface area contributed by atoms with Crippen molar-refractivity contribution in [3.8, 4) is 0 Å². The van der Waals surface area contributed by atoms with Gasteiger partial charge in [0.1, 0.15) is 0 Å². The fourth-order valence-electron chi connectivity index (χ4n) is 5.29. The summed E-state index contributed by atoms with van der Waals surface area (Å²) in [5, 5.41) is 17.7. The van der Waals surface area contributed by atoms with Crippen molar-refractivity contribution in [3.05, 3.63) is 17.0 Å².